The van der Waals surface area contributed by atoms with Gasteiger partial charge in [0.1, 0.15) is 32.2 Å². The Balaban J connectivity index is 2.13. The fourth-order valence-electron chi connectivity index (χ4n) is 2.57. The van der Waals surface area contributed by atoms with Gasteiger partial charge < -0.3 is 13.7 Å². The van der Waals surface area contributed by atoms with Gasteiger partial charge in [-0.25, -0.2) is 13.2 Å². The van der Waals surface area contributed by atoms with Gasteiger partial charge in [0.2, 0.25) is 10.5 Å². The maximum absolute atomic E-state index is 12.0. The molecule has 3 rings (SSSR count). The van der Waals surface area contributed by atoms with Crippen LogP contribution < -0.4 is 4.57 Å². The van der Waals surface area contributed by atoms with Crippen LogP contribution in [-0.2, 0) is 21.4 Å². The molecule has 0 saturated heterocycles. The number of aryl methyl sites for hydroxylation is 2. The molecular formula is C15H15NO6S2. The molecule has 0 unspecified atom stereocenters. The lowest BCUT2D eigenvalue weighted by Crippen LogP contribution is -2.38. The van der Waals surface area contributed by atoms with Crippen LogP contribution in [0.15, 0.2) is 22.8 Å². The summed E-state index contributed by atoms with van der Waals surface area (Å²) in [6, 6.07) is 3.56. The Bertz CT molecular complexity index is 1030. The van der Waals surface area contributed by atoms with Gasteiger partial charge in [-0.3, -0.25) is 0 Å². The van der Waals surface area contributed by atoms with Crippen LogP contribution in [0.25, 0.3) is 21.2 Å². The molecule has 0 saturated carbocycles. The van der Waals surface area contributed by atoms with E-state index in [2.05, 4.69) is 0 Å². The summed E-state index contributed by atoms with van der Waals surface area (Å²) >= 11 is 1.46. The number of rotatable bonds is 5. The van der Waals surface area contributed by atoms with Crippen molar-refractivity contribution in [1.82, 2.24) is 0 Å². The number of fused-ring (bicyclic) bond motifs is 2. The highest BCUT2D eigenvalue weighted by molar-refractivity contribution is 7.85. The Morgan fingerprint density at radius 2 is 2.17 bits per heavy atom. The second-order valence-electron chi connectivity index (χ2n) is 5.22. The van der Waals surface area contributed by atoms with Crippen LogP contribution in [0.5, 0.6) is 0 Å². The van der Waals surface area contributed by atoms with E-state index in [0.717, 1.165) is 15.2 Å². The zero-order valence-corrected chi connectivity index (χ0v) is 14.7. The molecule has 9 heteroatoms. The number of aromatic nitrogens is 1. The third-order valence-electron chi connectivity index (χ3n) is 3.64. The first-order chi connectivity index (χ1) is 11.3. The number of ether oxygens (including phenoxy) is 1. The predicted octanol–water partition coefficient (Wildman–Crippen LogP) is 1.97. The van der Waals surface area contributed by atoms with Gasteiger partial charge >= 0.3 is 5.97 Å². The molecule has 0 fully saturated rings. The molecule has 3 aromatic rings. The van der Waals surface area contributed by atoms with Crippen molar-refractivity contribution in [3.05, 3.63) is 29.0 Å². The molecule has 1 aromatic carbocycles. The van der Waals surface area contributed by atoms with Gasteiger partial charge in [0.25, 0.3) is 0 Å². The first kappa shape index (κ1) is 16.9. The smallest absolute Gasteiger partial charge is 0.342 e. The lowest BCUT2D eigenvalue weighted by molar-refractivity contribution is -0.668. The Labute approximate surface area is 142 Å². The van der Waals surface area contributed by atoms with Crippen molar-refractivity contribution in [3.63, 3.8) is 0 Å². The average Bonchev–Trinajstić information content (AvgIpc) is 3.02. The van der Waals surface area contributed by atoms with E-state index in [1.54, 1.807) is 23.6 Å². The van der Waals surface area contributed by atoms with Crippen LogP contribution in [0.3, 0.4) is 0 Å². The number of nitrogens with zero attached hydrogens (tertiary/aromatic N) is 1. The fourth-order valence-corrected chi connectivity index (χ4v) is 4.03. The fraction of sp³-hybridized carbons (Fsp3) is 0.333. The van der Waals surface area contributed by atoms with E-state index in [4.69, 9.17) is 9.15 Å². The minimum absolute atomic E-state index is 0.0652. The van der Waals surface area contributed by atoms with Crippen molar-refractivity contribution in [1.29, 1.82) is 0 Å². The lowest BCUT2D eigenvalue weighted by Gasteiger charge is -2.03. The number of furan rings is 1. The molecule has 2 aromatic heterocycles. The van der Waals surface area contributed by atoms with Crippen molar-refractivity contribution >= 4 is 48.6 Å². The number of carbonyl (C=O) groups excluding carboxylic acids is 1. The van der Waals surface area contributed by atoms with Crippen LogP contribution in [0.2, 0.25) is 0 Å². The highest BCUT2D eigenvalue weighted by Crippen LogP contribution is 2.29. The SMILES string of the molecule is CCOC(=O)c1coc2cc3sc(C)[n+](CCS(=O)(=O)[O-])c3cc12. The number of hydrogen-bond donors (Lipinski definition) is 0. The Kier molecular flexibility index (Phi) is 4.33. The number of esters is 1. The molecule has 0 aliphatic carbocycles. The quantitative estimate of drug-likeness (QED) is 0.387. The summed E-state index contributed by atoms with van der Waals surface area (Å²) in [5.74, 6) is -0.963. The predicted molar refractivity (Wildman–Crippen MR) is 87.0 cm³/mol. The molecule has 0 spiro atoms. The first-order valence-electron chi connectivity index (χ1n) is 7.25. The topological polar surface area (TPSA) is 101 Å². The van der Waals surface area contributed by atoms with Gasteiger partial charge in [-0.1, -0.05) is 11.3 Å². The highest BCUT2D eigenvalue weighted by Gasteiger charge is 2.22. The lowest BCUT2D eigenvalue weighted by atomic mass is 10.1. The maximum atomic E-state index is 12.0. The van der Waals surface area contributed by atoms with Crippen molar-refractivity contribution in [2.45, 2.75) is 20.4 Å². The van der Waals surface area contributed by atoms with E-state index in [1.165, 1.54) is 17.6 Å². The molecule has 0 aliphatic heterocycles. The van der Waals surface area contributed by atoms with Crippen molar-refractivity contribution in [2.75, 3.05) is 12.4 Å². The van der Waals surface area contributed by atoms with Gasteiger partial charge in [-0.2, -0.15) is 4.57 Å². The van der Waals surface area contributed by atoms with Gasteiger partial charge in [-0.15, -0.1) is 0 Å². The molecule has 0 amide bonds. The average molecular weight is 369 g/mol. The van der Waals surface area contributed by atoms with E-state index >= 15 is 0 Å². The summed E-state index contributed by atoms with van der Waals surface area (Å²) in [5, 5.41) is 1.46. The molecular weight excluding hydrogens is 354 g/mol. The minimum atomic E-state index is -4.31. The van der Waals surface area contributed by atoms with E-state index in [1.807, 2.05) is 6.92 Å². The van der Waals surface area contributed by atoms with Gasteiger partial charge in [0.15, 0.2) is 6.54 Å². The molecule has 7 nitrogen and oxygen atoms in total. The largest absolute Gasteiger partial charge is 0.748 e. The number of carbonyl (C=O) groups is 1. The zero-order chi connectivity index (χ0) is 17.5. The summed E-state index contributed by atoms with van der Waals surface area (Å²) in [4.78, 5) is 12.0. The summed E-state index contributed by atoms with van der Waals surface area (Å²) in [5.41, 5.74) is 1.62. The Hall–Kier alpha value is -1.97. The van der Waals surface area contributed by atoms with E-state index in [-0.39, 0.29) is 13.2 Å². The molecule has 24 heavy (non-hydrogen) atoms. The first-order valence-corrected chi connectivity index (χ1v) is 9.64. The molecule has 0 atom stereocenters. The summed E-state index contributed by atoms with van der Waals surface area (Å²) in [7, 11) is -4.31. The standard InChI is InChI=1S/C15H15NO6S2/c1-3-21-15(17)11-8-22-13-7-14-12(6-10(11)13)16(9(2)23-14)4-5-24(18,19)20/h6-8H,3-5H2,1-2H3. The van der Waals surface area contributed by atoms with E-state index in [0.29, 0.717) is 16.5 Å². The number of benzene rings is 1. The van der Waals surface area contributed by atoms with Crippen LogP contribution in [0.4, 0.5) is 0 Å². The second-order valence-corrected chi connectivity index (χ2v) is 7.98. The van der Waals surface area contributed by atoms with Crippen LogP contribution in [0, 0.1) is 6.92 Å². The summed E-state index contributed by atoms with van der Waals surface area (Å²) in [6.07, 6.45) is 1.35. The maximum Gasteiger partial charge on any atom is 0.342 e. The molecule has 0 radical (unpaired) electrons. The molecule has 0 aliphatic rings. The van der Waals surface area contributed by atoms with Crippen molar-refractivity contribution in [2.24, 2.45) is 0 Å². The molecule has 0 bridgehead atoms. The monoisotopic (exact) mass is 369 g/mol. The van der Waals surface area contributed by atoms with Crippen LogP contribution >= 0.6 is 11.3 Å². The third kappa shape index (κ3) is 3.14. The molecule has 128 valence electrons. The van der Waals surface area contributed by atoms with Gasteiger partial charge in [0, 0.05) is 24.4 Å². The van der Waals surface area contributed by atoms with Gasteiger partial charge in [-0.05, 0) is 6.92 Å². The Morgan fingerprint density at radius 3 is 2.83 bits per heavy atom. The van der Waals surface area contributed by atoms with Crippen LogP contribution in [0.1, 0.15) is 22.3 Å². The minimum Gasteiger partial charge on any atom is -0.748 e. The highest BCUT2D eigenvalue weighted by atomic mass is 32.2. The number of hydrogen-bond acceptors (Lipinski definition) is 7. The Morgan fingerprint density at radius 1 is 1.42 bits per heavy atom. The van der Waals surface area contributed by atoms with E-state index in [9.17, 15) is 17.8 Å². The molecule has 0 N–H and O–H groups in total. The summed E-state index contributed by atoms with van der Waals surface area (Å²) in [6.45, 7) is 3.89. The normalized spacial score (nSPS) is 12.1. The molecule has 2 heterocycles. The van der Waals surface area contributed by atoms with Gasteiger partial charge in [0.05, 0.1) is 12.4 Å². The van der Waals surface area contributed by atoms with Crippen molar-refractivity contribution < 1.29 is 31.5 Å². The number of thiazole rings is 1. The van der Waals surface area contributed by atoms with Crippen LogP contribution in [-0.4, -0.2) is 31.3 Å². The van der Waals surface area contributed by atoms with Crippen molar-refractivity contribution in [3.8, 4) is 0 Å². The second kappa shape index (κ2) is 6.15. The van der Waals surface area contributed by atoms with E-state index < -0.39 is 21.8 Å². The third-order valence-corrected chi connectivity index (χ3v) is 5.39. The summed E-state index contributed by atoms with van der Waals surface area (Å²) < 4.78 is 45.8. The zero-order valence-electron chi connectivity index (χ0n) is 13.1.